The molecule has 1 rings (SSSR count). The third kappa shape index (κ3) is 0.580. The van der Waals surface area contributed by atoms with E-state index in [1.807, 2.05) is 0 Å². The highest BCUT2D eigenvalue weighted by atomic mass is 32.1. The van der Waals surface area contributed by atoms with Crippen LogP contribution in [0.4, 0.5) is 0 Å². The molecule has 0 spiro atoms. The molecule has 0 atom stereocenters. The van der Waals surface area contributed by atoms with E-state index in [-0.39, 0.29) is 0 Å². The third-order valence-electron chi connectivity index (χ3n) is 0.414. The smallest absolute Gasteiger partial charge is 0.132 e. The standard InChI is InChI=1S/C2H4N2OS/c6-4-3-1-2-5-4/h1-3,6H. The van der Waals surface area contributed by atoms with Gasteiger partial charge in [-0.15, -0.1) is 0 Å². The van der Waals surface area contributed by atoms with Crippen LogP contribution in [-0.2, 0) is 4.84 Å². The molecule has 1 heterocycles. The summed E-state index contributed by atoms with van der Waals surface area (Å²) in [6.45, 7) is 0. The first kappa shape index (κ1) is 3.83. The molecule has 1 aliphatic heterocycles. The minimum Gasteiger partial charge on any atom is -0.382 e. The van der Waals surface area contributed by atoms with Crippen molar-refractivity contribution in [2.45, 2.75) is 0 Å². The van der Waals surface area contributed by atoms with Crippen molar-refractivity contribution in [3.05, 3.63) is 12.5 Å². The number of nitrogens with zero attached hydrogens (tertiary/aromatic N) is 1. The van der Waals surface area contributed by atoms with Gasteiger partial charge in [-0.2, -0.15) is 0 Å². The minimum atomic E-state index is 1.19. The van der Waals surface area contributed by atoms with Gasteiger partial charge < -0.3 is 4.84 Å². The van der Waals surface area contributed by atoms with Crippen LogP contribution in [-0.4, -0.2) is 4.58 Å². The maximum absolute atomic E-state index is 4.56. The predicted molar refractivity (Wildman–Crippen MR) is 24.2 cm³/mol. The van der Waals surface area contributed by atoms with E-state index in [0.717, 1.165) is 0 Å². The van der Waals surface area contributed by atoms with Crippen molar-refractivity contribution in [2.75, 3.05) is 0 Å². The lowest BCUT2D eigenvalue weighted by Gasteiger charge is -2.01. The Hall–Kier alpha value is -0.350. The lowest BCUT2D eigenvalue weighted by Crippen LogP contribution is -2.16. The van der Waals surface area contributed by atoms with Crippen molar-refractivity contribution in [3.63, 3.8) is 0 Å². The van der Waals surface area contributed by atoms with Gasteiger partial charge in [-0.05, 0) is 12.8 Å². The van der Waals surface area contributed by atoms with Crippen LogP contribution < -0.4 is 5.43 Å². The van der Waals surface area contributed by atoms with Crippen molar-refractivity contribution in [1.29, 1.82) is 0 Å². The monoisotopic (exact) mass is 104 g/mol. The molecular weight excluding hydrogens is 100 g/mol. The summed E-state index contributed by atoms with van der Waals surface area (Å²) >= 11 is 3.73. The van der Waals surface area contributed by atoms with Crippen LogP contribution in [0.25, 0.3) is 0 Å². The van der Waals surface area contributed by atoms with Gasteiger partial charge >= 0.3 is 0 Å². The molecule has 4 heteroatoms. The van der Waals surface area contributed by atoms with Gasteiger partial charge in [-0.1, -0.05) is 0 Å². The van der Waals surface area contributed by atoms with Crippen molar-refractivity contribution < 1.29 is 4.84 Å². The maximum atomic E-state index is 4.56. The first-order chi connectivity index (χ1) is 2.89. The Morgan fingerprint density at radius 2 is 2.67 bits per heavy atom. The van der Waals surface area contributed by atoms with Gasteiger partial charge in [-0.25, -0.2) is 0 Å². The second-order valence-electron chi connectivity index (χ2n) is 0.810. The lowest BCUT2D eigenvalue weighted by molar-refractivity contribution is -0.00547. The molecule has 0 saturated carbocycles. The molecule has 1 aliphatic rings. The third-order valence-corrected chi connectivity index (χ3v) is 0.623. The van der Waals surface area contributed by atoms with E-state index >= 15 is 0 Å². The summed E-state index contributed by atoms with van der Waals surface area (Å²) in [4.78, 5) is 4.56. The van der Waals surface area contributed by atoms with E-state index in [0.29, 0.717) is 0 Å². The largest absolute Gasteiger partial charge is 0.382 e. The summed E-state index contributed by atoms with van der Waals surface area (Å²) in [5.41, 5.74) is 2.61. The number of hydrazine groups is 1. The van der Waals surface area contributed by atoms with E-state index in [4.69, 9.17) is 0 Å². The number of nitrogens with one attached hydrogen (secondary N) is 1. The van der Waals surface area contributed by atoms with E-state index < -0.39 is 0 Å². The molecule has 0 saturated heterocycles. The lowest BCUT2D eigenvalue weighted by atomic mass is 11.0. The van der Waals surface area contributed by atoms with Crippen molar-refractivity contribution in [1.82, 2.24) is 10.0 Å². The molecule has 0 fully saturated rings. The van der Waals surface area contributed by atoms with Crippen molar-refractivity contribution in [2.24, 2.45) is 0 Å². The highest BCUT2D eigenvalue weighted by Crippen LogP contribution is 1.94. The van der Waals surface area contributed by atoms with Gasteiger partial charge in [0.15, 0.2) is 0 Å². The summed E-state index contributed by atoms with van der Waals surface area (Å²) in [5.74, 6) is 0. The van der Waals surface area contributed by atoms with Crippen molar-refractivity contribution >= 4 is 12.8 Å². The average molecular weight is 104 g/mol. The number of thiol groups is 1. The molecule has 0 aromatic rings. The zero-order valence-electron chi connectivity index (χ0n) is 2.96. The Kier molecular flexibility index (Phi) is 0.894. The van der Waals surface area contributed by atoms with Crippen LogP contribution >= 0.6 is 12.8 Å². The van der Waals surface area contributed by atoms with Gasteiger partial charge in [-0.3, -0.25) is 5.43 Å². The zero-order valence-corrected chi connectivity index (χ0v) is 3.85. The Morgan fingerprint density at radius 1 is 1.83 bits per heavy atom. The molecule has 0 amide bonds. The molecule has 3 nitrogen and oxygen atoms in total. The summed E-state index contributed by atoms with van der Waals surface area (Å²) in [5, 5.41) is 0. The summed E-state index contributed by atoms with van der Waals surface area (Å²) in [7, 11) is 0. The number of rotatable bonds is 0. The Bertz CT molecular complexity index is 65.9. The normalized spacial score (nSPS) is 20.2. The molecule has 0 unspecified atom stereocenters. The molecule has 0 aliphatic carbocycles. The molecule has 34 valence electrons. The topological polar surface area (TPSA) is 24.5 Å². The van der Waals surface area contributed by atoms with Crippen molar-refractivity contribution in [3.8, 4) is 0 Å². The highest BCUT2D eigenvalue weighted by Gasteiger charge is 1.94. The van der Waals surface area contributed by atoms with Crippen LogP contribution in [0, 0.1) is 0 Å². The molecule has 6 heavy (non-hydrogen) atoms. The van der Waals surface area contributed by atoms with Crippen LogP contribution in [0.1, 0.15) is 0 Å². The maximum Gasteiger partial charge on any atom is 0.132 e. The van der Waals surface area contributed by atoms with Gasteiger partial charge in [0.05, 0.1) is 6.20 Å². The SMILES string of the molecule is SN1NC=CO1. The molecule has 0 radical (unpaired) electrons. The second kappa shape index (κ2) is 1.40. The fourth-order valence-electron chi connectivity index (χ4n) is 0.213. The fraction of sp³-hybridized carbons (Fsp3) is 0. The second-order valence-corrected chi connectivity index (χ2v) is 1.17. The Morgan fingerprint density at radius 3 is 2.83 bits per heavy atom. The first-order valence-electron chi connectivity index (χ1n) is 1.46. The average Bonchev–Trinajstić information content (AvgIpc) is 1.86. The highest BCUT2D eigenvalue weighted by molar-refractivity contribution is 7.77. The van der Waals surface area contributed by atoms with E-state index in [1.165, 1.54) is 10.8 Å². The minimum absolute atomic E-state index is 1.19. The van der Waals surface area contributed by atoms with E-state index in [2.05, 4.69) is 23.1 Å². The van der Waals surface area contributed by atoms with Crippen LogP contribution in [0.2, 0.25) is 0 Å². The molecule has 0 bridgehead atoms. The van der Waals surface area contributed by atoms with Gasteiger partial charge in [0.1, 0.15) is 6.26 Å². The fourth-order valence-corrected chi connectivity index (χ4v) is 0.334. The summed E-state index contributed by atoms with van der Waals surface area (Å²) in [6.07, 6.45) is 3.12. The molecule has 1 N–H and O–H groups in total. The number of hydrogen-bond donors (Lipinski definition) is 2. The Labute approximate surface area is 41.0 Å². The molecule has 0 aromatic heterocycles. The number of hydrogen-bond acceptors (Lipinski definition) is 4. The Balaban J connectivity index is 2.32. The molecule has 0 aromatic carbocycles. The van der Waals surface area contributed by atoms with E-state index in [9.17, 15) is 0 Å². The predicted octanol–water partition coefficient (Wildman–Crippen LogP) is 0.0542. The van der Waals surface area contributed by atoms with Crippen LogP contribution in [0.5, 0.6) is 0 Å². The van der Waals surface area contributed by atoms with Gasteiger partial charge in [0.25, 0.3) is 0 Å². The van der Waals surface area contributed by atoms with Crippen LogP contribution in [0.3, 0.4) is 0 Å². The quantitative estimate of drug-likeness (QED) is 0.425. The zero-order chi connectivity index (χ0) is 4.41. The van der Waals surface area contributed by atoms with Gasteiger partial charge in [0.2, 0.25) is 0 Å². The summed E-state index contributed by atoms with van der Waals surface area (Å²) in [6, 6.07) is 0. The first-order valence-corrected chi connectivity index (χ1v) is 1.86. The summed E-state index contributed by atoms with van der Waals surface area (Å²) < 4.78 is 1.19. The molecular formula is C2H4N2OS. The van der Waals surface area contributed by atoms with E-state index in [1.54, 1.807) is 6.20 Å². The van der Waals surface area contributed by atoms with Crippen LogP contribution in [0.15, 0.2) is 12.5 Å². The van der Waals surface area contributed by atoms with Gasteiger partial charge in [0, 0.05) is 4.58 Å².